The first kappa shape index (κ1) is 11.0. The van der Waals surface area contributed by atoms with E-state index in [1.807, 2.05) is 24.3 Å². The van der Waals surface area contributed by atoms with Crippen LogP contribution in [0.15, 0.2) is 39.4 Å². The summed E-state index contributed by atoms with van der Waals surface area (Å²) in [5.74, 6) is 2.94. The summed E-state index contributed by atoms with van der Waals surface area (Å²) in [5.41, 5.74) is 0. The van der Waals surface area contributed by atoms with Gasteiger partial charge in [0.15, 0.2) is 0 Å². The zero-order chi connectivity index (χ0) is 11.4. The zero-order valence-corrected chi connectivity index (χ0v) is 9.69. The van der Waals surface area contributed by atoms with Crippen LogP contribution in [0.5, 0.6) is 0 Å². The van der Waals surface area contributed by atoms with Gasteiger partial charge in [-0.2, -0.15) is 0 Å². The van der Waals surface area contributed by atoms with Gasteiger partial charge in [-0.1, -0.05) is 6.92 Å². The van der Waals surface area contributed by atoms with Crippen molar-refractivity contribution in [3.05, 3.63) is 47.8 Å². The van der Waals surface area contributed by atoms with E-state index in [0.717, 1.165) is 30.2 Å². The van der Waals surface area contributed by atoms with Gasteiger partial charge in [-0.15, -0.1) is 0 Å². The first-order valence-corrected chi connectivity index (χ1v) is 5.64. The molecular weight excluding hydrogens is 202 g/mol. The second kappa shape index (κ2) is 5.03. The van der Waals surface area contributed by atoms with Crippen LogP contribution >= 0.6 is 0 Å². The predicted octanol–water partition coefficient (Wildman–Crippen LogP) is 3.29. The molecule has 0 aliphatic heterocycles. The van der Waals surface area contributed by atoms with Crippen molar-refractivity contribution in [1.29, 1.82) is 0 Å². The van der Waals surface area contributed by atoms with E-state index in [2.05, 4.69) is 19.2 Å². The standard InChI is InChI=1S/C13H17NO2/c1-3-11-6-7-13(16-11)10(2)14-9-12-5-4-8-15-12/h4-8,10,14H,3,9H2,1-2H3. The van der Waals surface area contributed by atoms with Gasteiger partial charge in [0.2, 0.25) is 0 Å². The molecule has 0 radical (unpaired) electrons. The number of hydrogen-bond donors (Lipinski definition) is 1. The molecule has 2 aromatic heterocycles. The van der Waals surface area contributed by atoms with E-state index >= 15 is 0 Å². The molecule has 1 N–H and O–H groups in total. The molecule has 3 heteroatoms. The molecule has 0 bridgehead atoms. The van der Waals surface area contributed by atoms with Crippen LogP contribution in [0.25, 0.3) is 0 Å². The quantitative estimate of drug-likeness (QED) is 0.838. The van der Waals surface area contributed by atoms with Crippen molar-refractivity contribution >= 4 is 0 Å². The molecule has 1 unspecified atom stereocenters. The van der Waals surface area contributed by atoms with E-state index in [-0.39, 0.29) is 6.04 Å². The molecule has 0 saturated heterocycles. The summed E-state index contributed by atoms with van der Waals surface area (Å²) in [6.45, 7) is 4.89. The predicted molar refractivity (Wildman–Crippen MR) is 62.0 cm³/mol. The van der Waals surface area contributed by atoms with Gasteiger partial charge < -0.3 is 14.2 Å². The van der Waals surface area contributed by atoms with Crippen LogP contribution in [0.1, 0.15) is 37.2 Å². The van der Waals surface area contributed by atoms with E-state index in [4.69, 9.17) is 8.83 Å². The van der Waals surface area contributed by atoms with Crippen molar-refractivity contribution in [3.8, 4) is 0 Å². The van der Waals surface area contributed by atoms with Crippen LogP contribution in [0.3, 0.4) is 0 Å². The number of furan rings is 2. The molecule has 3 nitrogen and oxygen atoms in total. The van der Waals surface area contributed by atoms with E-state index in [9.17, 15) is 0 Å². The van der Waals surface area contributed by atoms with Gasteiger partial charge in [-0.05, 0) is 31.2 Å². The molecule has 1 atom stereocenters. The Morgan fingerprint density at radius 3 is 2.75 bits per heavy atom. The van der Waals surface area contributed by atoms with Crippen LogP contribution in [-0.4, -0.2) is 0 Å². The maximum absolute atomic E-state index is 5.67. The fraction of sp³-hybridized carbons (Fsp3) is 0.385. The van der Waals surface area contributed by atoms with Crippen LogP contribution < -0.4 is 5.32 Å². The topological polar surface area (TPSA) is 38.3 Å². The van der Waals surface area contributed by atoms with Crippen molar-refractivity contribution in [3.63, 3.8) is 0 Å². The number of aryl methyl sites for hydroxylation is 1. The summed E-state index contributed by atoms with van der Waals surface area (Å²) < 4.78 is 10.9. The second-order valence-electron chi connectivity index (χ2n) is 3.84. The van der Waals surface area contributed by atoms with Crippen LogP contribution in [0, 0.1) is 0 Å². The van der Waals surface area contributed by atoms with Crippen molar-refractivity contribution in [2.24, 2.45) is 0 Å². The monoisotopic (exact) mass is 219 g/mol. The first-order valence-electron chi connectivity index (χ1n) is 5.64. The lowest BCUT2D eigenvalue weighted by molar-refractivity contribution is 0.392. The molecule has 0 saturated carbocycles. The molecule has 0 aliphatic rings. The third kappa shape index (κ3) is 2.55. The average Bonchev–Trinajstić information content (AvgIpc) is 2.96. The van der Waals surface area contributed by atoms with Crippen molar-refractivity contribution < 1.29 is 8.83 Å². The fourth-order valence-electron chi connectivity index (χ4n) is 1.58. The molecule has 2 heterocycles. The number of rotatable bonds is 5. The SMILES string of the molecule is CCc1ccc(C(C)NCc2ccco2)o1. The van der Waals surface area contributed by atoms with Gasteiger partial charge in [0, 0.05) is 6.42 Å². The van der Waals surface area contributed by atoms with E-state index in [1.54, 1.807) is 6.26 Å². The molecule has 0 aliphatic carbocycles. The molecule has 2 rings (SSSR count). The molecule has 0 spiro atoms. The largest absolute Gasteiger partial charge is 0.468 e. The minimum atomic E-state index is 0.199. The Kier molecular flexibility index (Phi) is 3.47. The van der Waals surface area contributed by atoms with Gasteiger partial charge in [0.1, 0.15) is 17.3 Å². The summed E-state index contributed by atoms with van der Waals surface area (Å²) in [4.78, 5) is 0. The van der Waals surface area contributed by atoms with Gasteiger partial charge in [-0.25, -0.2) is 0 Å². The molecule has 0 amide bonds. The maximum Gasteiger partial charge on any atom is 0.120 e. The van der Waals surface area contributed by atoms with Crippen LogP contribution in [-0.2, 0) is 13.0 Å². The Morgan fingerprint density at radius 2 is 2.12 bits per heavy atom. The van der Waals surface area contributed by atoms with Crippen molar-refractivity contribution in [1.82, 2.24) is 5.32 Å². The van der Waals surface area contributed by atoms with Gasteiger partial charge >= 0.3 is 0 Å². The lowest BCUT2D eigenvalue weighted by Gasteiger charge is -2.09. The molecule has 16 heavy (non-hydrogen) atoms. The number of nitrogens with one attached hydrogen (secondary N) is 1. The van der Waals surface area contributed by atoms with Gasteiger partial charge in [0.25, 0.3) is 0 Å². The zero-order valence-electron chi connectivity index (χ0n) is 9.69. The summed E-state index contributed by atoms with van der Waals surface area (Å²) in [7, 11) is 0. The highest BCUT2D eigenvalue weighted by Gasteiger charge is 2.09. The van der Waals surface area contributed by atoms with Crippen molar-refractivity contribution in [2.75, 3.05) is 0 Å². The lowest BCUT2D eigenvalue weighted by Crippen LogP contribution is -2.17. The highest BCUT2D eigenvalue weighted by Crippen LogP contribution is 2.17. The fourth-order valence-corrected chi connectivity index (χ4v) is 1.58. The molecule has 2 aromatic rings. The van der Waals surface area contributed by atoms with E-state index in [0.29, 0.717) is 0 Å². The Hall–Kier alpha value is -1.48. The minimum absolute atomic E-state index is 0.199. The Balaban J connectivity index is 1.90. The number of hydrogen-bond acceptors (Lipinski definition) is 3. The second-order valence-corrected chi connectivity index (χ2v) is 3.84. The summed E-state index contributed by atoms with van der Waals surface area (Å²) in [5, 5.41) is 3.35. The van der Waals surface area contributed by atoms with Crippen molar-refractivity contribution in [2.45, 2.75) is 32.9 Å². The summed E-state index contributed by atoms with van der Waals surface area (Å²) in [6, 6.07) is 8.10. The molecule has 0 fully saturated rings. The Labute approximate surface area is 95.5 Å². The van der Waals surface area contributed by atoms with Gasteiger partial charge in [0.05, 0.1) is 18.8 Å². The average molecular weight is 219 g/mol. The van der Waals surface area contributed by atoms with Crippen LogP contribution in [0.4, 0.5) is 0 Å². The van der Waals surface area contributed by atoms with E-state index in [1.165, 1.54) is 0 Å². The third-order valence-electron chi connectivity index (χ3n) is 2.62. The molecular formula is C13H17NO2. The normalized spacial score (nSPS) is 12.9. The Morgan fingerprint density at radius 1 is 1.25 bits per heavy atom. The summed E-state index contributed by atoms with van der Waals surface area (Å²) in [6.07, 6.45) is 2.62. The summed E-state index contributed by atoms with van der Waals surface area (Å²) >= 11 is 0. The smallest absolute Gasteiger partial charge is 0.120 e. The molecule has 86 valence electrons. The van der Waals surface area contributed by atoms with Gasteiger partial charge in [-0.3, -0.25) is 0 Å². The van der Waals surface area contributed by atoms with E-state index < -0.39 is 0 Å². The molecule has 0 aromatic carbocycles. The first-order chi connectivity index (χ1) is 7.79. The lowest BCUT2D eigenvalue weighted by atomic mass is 10.2. The highest BCUT2D eigenvalue weighted by atomic mass is 16.3. The Bertz CT molecular complexity index is 417. The highest BCUT2D eigenvalue weighted by molar-refractivity contribution is 5.10. The minimum Gasteiger partial charge on any atom is -0.468 e. The van der Waals surface area contributed by atoms with Crippen LogP contribution in [0.2, 0.25) is 0 Å². The maximum atomic E-state index is 5.67. The third-order valence-corrected chi connectivity index (χ3v) is 2.62.